The standard InChI is InChI=1S/C15H19N3O2/c1-3-5-15(20)17-8-9-18(12(2)19)14-7-4-6-13(10-14)11-16/h4,6-7,10H,3,5,8-9H2,1-2H3,(H,17,20). The van der Waals surface area contributed by atoms with Gasteiger partial charge in [0.05, 0.1) is 11.6 Å². The molecule has 1 N–H and O–H groups in total. The number of nitriles is 1. The second kappa shape index (κ2) is 7.95. The maximum atomic E-state index is 11.7. The minimum atomic E-state index is -0.121. The molecule has 0 spiro atoms. The average Bonchev–Trinajstić information content (AvgIpc) is 2.43. The summed E-state index contributed by atoms with van der Waals surface area (Å²) >= 11 is 0. The molecule has 0 saturated carbocycles. The highest BCUT2D eigenvalue weighted by Crippen LogP contribution is 2.15. The first kappa shape index (κ1) is 15.7. The van der Waals surface area contributed by atoms with Crippen LogP contribution in [0, 0.1) is 11.3 Å². The van der Waals surface area contributed by atoms with Crippen molar-refractivity contribution < 1.29 is 9.59 Å². The summed E-state index contributed by atoms with van der Waals surface area (Å²) < 4.78 is 0. The van der Waals surface area contributed by atoms with Crippen molar-refractivity contribution >= 4 is 17.5 Å². The van der Waals surface area contributed by atoms with E-state index in [4.69, 9.17) is 5.26 Å². The van der Waals surface area contributed by atoms with Crippen LogP contribution in [0.4, 0.5) is 5.69 Å². The topological polar surface area (TPSA) is 73.2 Å². The lowest BCUT2D eigenvalue weighted by Gasteiger charge is -2.21. The molecule has 2 amide bonds. The molecule has 0 radical (unpaired) electrons. The SMILES string of the molecule is CCCC(=O)NCCN(C(C)=O)c1cccc(C#N)c1. The zero-order valence-corrected chi connectivity index (χ0v) is 11.8. The number of benzene rings is 1. The zero-order valence-electron chi connectivity index (χ0n) is 11.8. The maximum absolute atomic E-state index is 11.7. The van der Waals surface area contributed by atoms with Crippen LogP contribution >= 0.6 is 0 Å². The van der Waals surface area contributed by atoms with E-state index in [1.54, 1.807) is 29.2 Å². The number of nitrogens with one attached hydrogen (secondary N) is 1. The van der Waals surface area contributed by atoms with Gasteiger partial charge in [0, 0.05) is 32.1 Å². The molecule has 0 aromatic heterocycles. The van der Waals surface area contributed by atoms with Crippen LogP contribution in [-0.4, -0.2) is 24.9 Å². The molecule has 5 heteroatoms. The van der Waals surface area contributed by atoms with Gasteiger partial charge in [-0.3, -0.25) is 9.59 Å². The van der Waals surface area contributed by atoms with Gasteiger partial charge >= 0.3 is 0 Å². The Labute approximate surface area is 119 Å². The van der Waals surface area contributed by atoms with Gasteiger partial charge < -0.3 is 10.2 Å². The Hall–Kier alpha value is -2.35. The summed E-state index contributed by atoms with van der Waals surface area (Å²) in [6.07, 6.45) is 1.29. The van der Waals surface area contributed by atoms with E-state index in [9.17, 15) is 9.59 Å². The van der Waals surface area contributed by atoms with Gasteiger partial charge in [-0.05, 0) is 24.6 Å². The molecule has 0 atom stereocenters. The molecule has 1 rings (SSSR count). The zero-order chi connectivity index (χ0) is 15.0. The largest absolute Gasteiger partial charge is 0.354 e. The lowest BCUT2D eigenvalue weighted by Crippen LogP contribution is -2.37. The lowest BCUT2D eigenvalue weighted by molar-refractivity contribution is -0.121. The maximum Gasteiger partial charge on any atom is 0.223 e. The van der Waals surface area contributed by atoms with Crippen molar-refractivity contribution in [3.63, 3.8) is 0 Å². The molecule has 0 aliphatic heterocycles. The summed E-state index contributed by atoms with van der Waals surface area (Å²) in [5, 5.41) is 11.6. The molecule has 0 saturated heterocycles. The van der Waals surface area contributed by atoms with E-state index in [0.717, 1.165) is 6.42 Å². The predicted molar refractivity (Wildman–Crippen MR) is 77.1 cm³/mol. The van der Waals surface area contributed by atoms with Crippen LogP contribution in [0.3, 0.4) is 0 Å². The number of hydrogen-bond donors (Lipinski definition) is 1. The second-order valence-electron chi connectivity index (χ2n) is 4.43. The fourth-order valence-corrected chi connectivity index (χ4v) is 1.83. The smallest absolute Gasteiger partial charge is 0.223 e. The highest BCUT2D eigenvalue weighted by atomic mass is 16.2. The summed E-state index contributed by atoms with van der Waals surface area (Å²) in [6, 6.07) is 8.90. The van der Waals surface area contributed by atoms with Crippen LogP contribution in [0.2, 0.25) is 0 Å². The molecular weight excluding hydrogens is 254 g/mol. The third-order valence-electron chi connectivity index (χ3n) is 2.80. The number of carbonyl (C=O) groups is 2. The van der Waals surface area contributed by atoms with E-state index in [1.165, 1.54) is 6.92 Å². The number of rotatable bonds is 6. The molecule has 0 bridgehead atoms. The third kappa shape index (κ3) is 4.73. The van der Waals surface area contributed by atoms with Gasteiger partial charge in [-0.15, -0.1) is 0 Å². The van der Waals surface area contributed by atoms with Crippen LogP contribution in [0.5, 0.6) is 0 Å². The van der Waals surface area contributed by atoms with Crippen molar-refractivity contribution in [3.05, 3.63) is 29.8 Å². The van der Waals surface area contributed by atoms with E-state index < -0.39 is 0 Å². The van der Waals surface area contributed by atoms with Gasteiger partial charge in [0.25, 0.3) is 0 Å². The summed E-state index contributed by atoms with van der Waals surface area (Å²) in [7, 11) is 0. The molecule has 20 heavy (non-hydrogen) atoms. The van der Waals surface area contributed by atoms with Crippen molar-refractivity contribution in [1.82, 2.24) is 5.32 Å². The van der Waals surface area contributed by atoms with Gasteiger partial charge in [-0.25, -0.2) is 0 Å². The van der Waals surface area contributed by atoms with Gasteiger partial charge in [0.15, 0.2) is 0 Å². The first-order valence-corrected chi connectivity index (χ1v) is 6.63. The number of nitrogens with zero attached hydrogens (tertiary/aromatic N) is 2. The fraction of sp³-hybridized carbons (Fsp3) is 0.400. The normalized spacial score (nSPS) is 9.65. The van der Waals surface area contributed by atoms with Crippen molar-refractivity contribution in [2.24, 2.45) is 0 Å². The number of amides is 2. The summed E-state index contributed by atoms with van der Waals surface area (Å²) in [6.45, 7) is 4.19. The Morgan fingerprint density at radius 1 is 1.40 bits per heavy atom. The molecular formula is C15H19N3O2. The van der Waals surface area contributed by atoms with Gasteiger partial charge in [0.2, 0.25) is 11.8 Å². The summed E-state index contributed by atoms with van der Waals surface area (Å²) in [4.78, 5) is 24.6. The highest BCUT2D eigenvalue weighted by molar-refractivity contribution is 5.91. The summed E-state index contributed by atoms with van der Waals surface area (Å²) in [5.41, 5.74) is 1.17. The van der Waals surface area contributed by atoms with Crippen molar-refractivity contribution in [1.29, 1.82) is 5.26 Å². The van der Waals surface area contributed by atoms with Crippen LogP contribution in [0.1, 0.15) is 32.3 Å². The third-order valence-corrected chi connectivity index (χ3v) is 2.80. The Bertz CT molecular complexity index is 520. The van der Waals surface area contributed by atoms with Crippen molar-refractivity contribution in [2.75, 3.05) is 18.0 Å². The Morgan fingerprint density at radius 2 is 2.15 bits per heavy atom. The van der Waals surface area contributed by atoms with Crippen LogP contribution in [-0.2, 0) is 9.59 Å². The van der Waals surface area contributed by atoms with Crippen molar-refractivity contribution in [3.8, 4) is 6.07 Å². The van der Waals surface area contributed by atoms with Gasteiger partial charge in [-0.1, -0.05) is 13.0 Å². The highest BCUT2D eigenvalue weighted by Gasteiger charge is 2.12. The average molecular weight is 273 g/mol. The number of hydrogen-bond acceptors (Lipinski definition) is 3. The lowest BCUT2D eigenvalue weighted by atomic mass is 10.2. The minimum absolute atomic E-state index is 0.0122. The molecule has 1 aromatic rings. The quantitative estimate of drug-likeness (QED) is 0.859. The minimum Gasteiger partial charge on any atom is -0.354 e. The molecule has 0 fully saturated rings. The molecule has 1 aromatic carbocycles. The molecule has 0 unspecified atom stereocenters. The predicted octanol–water partition coefficient (Wildman–Crippen LogP) is 1.83. The molecule has 106 valence electrons. The monoisotopic (exact) mass is 273 g/mol. The Morgan fingerprint density at radius 3 is 2.75 bits per heavy atom. The van der Waals surface area contributed by atoms with E-state index >= 15 is 0 Å². The molecule has 0 aliphatic carbocycles. The second-order valence-corrected chi connectivity index (χ2v) is 4.43. The first-order valence-electron chi connectivity index (χ1n) is 6.63. The fourth-order valence-electron chi connectivity index (χ4n) is 1.83. The number of anilines is 1. The van der Waals surface area contributed by atoms with Gasteiger partial charge in [-0.2, -0.15) is 5.26 Å². The van der Waals surface area contributed by atoms with E-state index in [1.807, 2.05) is 13.0 Å². The Balaban J connectivity index is 2.68. The van der Waals surface area contributed by atoms with Crippen LogP contribution in [0.15, 0.2) is 24.3 Å². The number of carbonyl (C=O) groups excluding carboxylic acids is 2. The van der Waals surface area contributed by atoms with Crippen LogP contribution in [0.25, 0.3) is 0 Å². The van der Waals surface area contributed by atoms with Gasteiger partial charge in [0.1, 0.15) is 0 Å². The van der Waals surface area contributed by atoms with E-state index in [2.05, 4.69) is 5.32 Å². The van der Waals surface area contributed by atoms with Crippen molar-refractivity contribution in [2.45, 2.75) is 26.7 Å². The van der Waals surface area contributed by atoms with E-state index in [0.29, 0.717) is 30.8 Å². The molecule has 5 nitrogen and oxygen atoms in total. The summed E-state index contributed by atoms with van der Waals surface area (Å²) in [5.74, 6) is -0.133. The molecule has 0 heterocycles. The Kier molecular flexibility index (Phi) is 6.24. The van der Waals surface area contributed by atoms with E-state index in [-0.39, 0.29) is 11.8 Å². The first-order chi connectivity index (χ1) is 9.58. The molecule has 0 aliphatic rings. The van der Waals surface area contributed by atoms with Crippen LogP contribution < -0.4 is 10.2 Å².